The number of unbranched alkanes of at least 4 members (excludes halogenated alkanes) is 1. The number of aromatic nitrogens is 1. The summed E-state index contributed by atoms with van der Waals surface area (Å²) < 4.78 is 0. The van der Waals surface area contributed by atoms with Gasteiger partial charge in [0.15, 0.2) is 5.13 Å². The van der Waals surface area contributed by atoms with Crippen molar-refractivity contribution in [3.05, 3.63) is 70.2 Å². The van der Waals surface area contributed by atoms with Gasteiger partial charge in [-0.25, -0.2) is 4.98 Å². The van der Waals surface area contributed by atoms with Gasteiger partial charge in [-0.3, -0.25) is 0 Å². The highest BCUT2D eigenvalue weighted by Crippen LogP contribution is 2.31. The summed E-state index contributed by atoms with van der Waals surface area (Å²) in [5.41, 5.74) is 5.63. The molecule has 1 aliphatic heterocycles. The fraction of sp³-hybridized carbons (Fsp3) is 0.407. The highest BCUT2D eigenvalue weighted by Gasteiger charge is 2.20. The quantitative estimate of drug-likeness (QED) is 0.273. The minimum atomic E-state index is 0.750. The first-order chi connectivity index (χ1) is 16.1. The lowest BCUT2D eigenvalue weighted by molar-refractivity contribution is -0.106. The number of nitrogens with zero attached hydrogens (tertiary/aromatic N) is 3. The van der Waals surface area contributed by atoms with E-state index in [4.69, 9.17) is 9.78 Å². The van der Waals surface area contributed by atoms with Gasteiger partial charge in [-0.1, -0.05) is 31.5 Å². The van der Waals surface area contributed by atoms with Crippen molar-refractivity contribution in [1.29, 1.82) is 0 Å². The third-order valence-corrected chi connectivity index (χ3v) is 7.64. The van der Waals surface area contributed by atoms with Gasteiger partial charge >= 0.3 is 0 Å². The second kappa shape index (κ2) is 12.8. The predicted octanol–water partition coefficient (Wildman–Crippen LogP) is 6.46. The molecule has 4 nitrogen and oxygen atoms in total. The van der Waals surface area contributed by atoms with E-state index in [2.05, 4.69) is 78.7 Å². The van der Waals surface area contributed by atoms with E-state index < -0.39 is 0 Å². The summed E-state index contributed by atoms with van der Waals surface area (Å²) in [4.78, 5) is 21.1. The molecule has 2 heterocycles. The maximum atomic E-state index is 8.81. The van der Waals surface area contributed by atoms with E-state index in [1.807, 2.05) is 11.3 Å². The lowest BCUT2D eigenvalue weighted by Crippen LogP contribution is -2.30. The molecule has 3 aromatic rings. The van der Waals surface area contributed by atoms with Gasteiger partial charge in [0.25, 0.3) is 0 Å². The van der Waals surface area contributed by atoms with Crippen molar-refractivity contribution in [2.24, 2.45) is 0 Å². The number of anilines is 2. The van der Waals surface area contributed by atoms with Crippen LogP contribution < -0.4 is 9.80 Å². The van der Waals surface area contributed by atoms with Crippen LogP contribution in [0.3, 0.4) is 0 Å². The van der Waals surface area contributed by atoms with Crippen molar-refractivity contribution in [1.82, 2.24) is 4.98 Å². The standard InChI is InChI=1S/C25H31N3S2.C2H4O/c1-4-5-13-27(2)22-9-8-20-12-14-28(18-21(20)16-22)25-26-17-24(30-25)15-19-6-10-23(29-3)11-7-19;1-2-3/h6-11,16-17H,4-5,12-15,18H2,1-3H3;2H,1H3. The Bertz CT molecular complexity index is 1020. The van der Waals surface area contributed by atoms with Crippen LogP contribution in [0.4, 0.5) is 10.8 Å². The van der Waals surface area contributed by atoms with Gasteiger partial charge in [0.05, 0.1) is 0 Å². The Morgan fingerprint density at radius 3 is 2.64 bits per heavy atom. The lowest BCUT2D eigenvalue weighted by Gasteiger charge is -2.30. The number of benzene rings is 2. The van der Waals surface area contributed by atoms with Crippen LogP contribution in [0, 0.1) is 0 Å². The second-order valence-electron chi connectivity index (χ2n) is 8.27. The number of thiazole rings is 1. The molecule has 0 aliphatic carbocycles. The summed E-state index contributed by atoms with van der Waals surface area (Å²) in [7, 11) is 2.21. The average molecular weight is 482 g/mol. The van der Waals surface area contributed by atoms with Crippen molar-refractivity contribution in [3.8, 4) is 0 Å². The first-order valence-electron chi connectivity index (χ1n) is 11.6. The van der Waals surface area contributed by atoms with Crippen LogP contribution in [-0.4, -0.2) is 37.7 Å². The Labute approximate surface area is 207 Å². The highest BCUT2D eigenvalue weighted by molar-refractivity contribution is 7.98. The number of thioether (sulfide) groups is 1. The molecule has 4 rings (SSSR count). The minimum absolute atomic E-state index is 0.750. The monoisotopic (exact) mass is 481 g/mol. The molecular formula is C27H35N3OS2. The smallest absolute Gasteiger partial charge is 0.185 e. The van der Waals surface area contributed by atoms with Gasteiger partial charge in [-0.05, 0) is 67.0 Å². The summed E-state index contributed by atoms with van der Waals surface area (Å²) >= 11 is 3.63. The zero-order chi connectivity index (χ0) is 23.6. The molecule has 0 spiro atoms. The van der Waals surface area contributed by atoms with Crippen LogP contribution in [0.15, 0.2) is 53.6 Å². The van der Waals surface area contributed by atoms with E-state index in [0.29, 0.717) is 0 Å². The molecule has 0 fully saturated rings. The van der Waals surface area contributed by atoms with Gasteiger partial charge < -0.3 is 14.6 Å². The average Bonchev–Trinajstić information content (AvgIpc) is 3.31. The molecule has 0 saturated carbocycles. The third kappa shape index (κ3) is 7.08. The lowest BCUT2D eigenvalue weighted by atomic mass is 9.99. The number of rotatable bonds is 8. The van der Waals surface area contributed by atoms with Crippen molar-refractivity contribution < 1.29 is 4.79 Å². The van der Waals surface area contributed by atoms with Crippen LogP contribution in [0.2, 0.25) is 0 Å². The predicted molar refractivity (Wildman–Crippen MR) is 144 cm³/mol. The topological polar surface area (TPSA) is 36.4 Å². The van der Waals surface area contributed by atoms with Crippen molar-refractivity contribution in [2.75, 3.05) is 36.2 Å². The largest absolute Gasteiger partial charge is 0.375 e. The summed E-state index contributed by atoms with van der Waals surface area (Å²) in [5, 5.41) is 1.15. The number of fused-ring (bicyclic) bond motifs is 1. The third-order valence-electron chi connectivity index (χ3n) is 5.84. The highest BCUT2D eigenvalue weighted by atomic mass is 32.2. The molecule has 1 aromatic heterocycles. The molecule has 0 amide bonds. The fourth-order valence-electron chi connectivity index (χ4n) is 3.94. The maximum absolute atomic E-state index is 8.81. The molecule has 0 atom stereocenters. The number of hydrogen-bond donors (Lipinski definition) is 0. The number of aldehydes is 1. The van der Waals surface area contributed by atoms with Gasteiger partial charge in [0.1, 0.15) is 6.29 Å². The fourth-order valence-corrected chi connectivity index (χ4v) is 5.32. The minimum Gasteiger partial charge on any atom is -0.375 e. The first-order valence-corrected chi connectivity index (χ1v) is 13.7. The zero-order valence-corrected chi connectivity index (χ0v) is 21.8. The molecule has 1 aliphatic rings. The number of carbonyl (C=O) groups is 1. The first kappa shape index (κ1) is 25.3. The molecule has 0 unspecified atom stereocenters. The number of hydrogen-bond acceptors (Lipinski definition) is 6. The van der Waals surface area contributed by atoms with E-state index in [9.17, 15) is 0 Å². The van der Waals surface area contributed by atoms with Crippen LogP contribution in [0.5, 0.6) is 0 Å². The second-order valence-corrected chi connectivity index (χ2v) is 10.2. The van der Waals surface area contributed by atoms with Crippen molar-refractivity contribution >= 4 is 40.2 Å². The summed E-state index contributed by atoms with van der Waals surface area (Å²) in [6, 6.07) is 15.9. The molecular weight excluding hydrogens is 446 g/mol. The summed E-state index contributed by atoms with van der Waals surface area (Å²) in [6.07, 6.45) is 9.46. The molecule has 0 radical (unpaired) electrons. The summed E-state index contributed by atoms with van der Waals surface area (Å²) in [5.74, 6) is 0. The molecule has 2 aromatic carbocycles. The Morgan fingerprint density at radius 1 is 1.18 bits per heavy atom. The van der Waals surface area contributed by atoms with E-state index in [0.717, 1.165) is 43.9 Å². The van der Waals surface area contributed by atoms with E-state index >= 15 is 0 Å². The normalized spacial score (nSPS) is 12.5. The van der Waals surface area contributed by atoms with Crippen LogP contribution in [-0.2, 0) is 24.2 Å². The Hall–Kier alpha value is -2.31. The Kier molecular flexibility index (Phi) is 9.82. The maximum Gasteiger partial charge on any atom is 0.185 e. The van der Waals surface area contributed by atoms with E-state index in [-0.39, 0.29) is 0 Å². The van der Waals surface area contributed by atoms with Gasteiger partial charge in [-0.2, -0.15) is 0 Å². The van der Waals surface area contributed by atoms with Crippen molar-refractivity contribution in [2.45, 2.75) is 51.0 Å². The summed E-state index contributed by atoms with van der Waals surface area (Å²) in [6.45, 7) is 6.82. The van der Waals surface area contributed by atoms with Gasteiger partial charge in [-0.15, -0.1) is 23.1 Å². The molecule has 0 bridgehead atoms. The van der Waals surface area contributed by atoms with E-state index in [1.165, 1.54) is 51.9 Å². The molecule has 6 heteroatoms. The Balaban J connectivity index is 0.000000968. The van der Waals surface area contributed by atoms with Crippen LogP contribution in [0.25, 0.3) is 0 Å². The van der Waals surface area contributed by atoms with Gasteiger partial charge in [0, 0.05) is 54.8 Å². The SMILES string of the molecule is CC=O.CCCCN(C)c1ccc2c(c1)CN(c1ncc(Cc3ccc(SC)cc3)s1)CC2. The molecule has 0 saturated heterocycles. The zero-order valence-electron chi connectivity index (χ0n) is 20.2. The molecule has 176 valence electrons. The van der Waals surface area contributed by atoms with Crippen LogP contribution in [0.1, 0.15) is 48.3 Å². The van der Waals surface area contributed by atoms with Crippen LogP contribution >= 0.6 is 23.1 Å². The Morgan fingerprint density at radius 2 is 1.94 bits per heavy atom. The van der Waals surface area contributed by atoms with E-state index in [1.54, 1.807) is 11.8 Å². The molecule has 33 heavy (non-hydrogen) atoms. The van der Waals surface area contributed by atoms with Gasteiger partial charge in [0.2, 0.25) is 0 Å². The van der Waals surface area contributed by atoms with Crippen molar-refractivity contribution in [3.63, 3.8) is 0 Å². The number of carbonyl (C=O) groups excluding carboxylic acids is 1. The molecule has 0 N–H and O–H groups in total.